The molecule has 0 amide bonds. The monoisotopic (exact) mass is 289 g/mol. The molecule has 3 heteroatoms. The lowest BCUT2D eigenvalue weighted by Crippen LogP contribution is -2.40. The van der Waals surface area contributed by atoms with Crippen molar-refractivity contribution in [2.45, 2.75) is 32.2 Å². The number of likely N-dealkylation sites (tertiary alicyclic amines) is 1. The maximum Gasteiger partial charge on any atom is 0.0424 e. The number of hydrogen-bond acceptors (Lipinski definition) is 3. The molecule has 2 rings (SSSR count). The Morgan fingerprint density at radius 2 is 1.81 bits per heavy atom. The molecular weight excluding hydrogens is 258 g/mol. The van der Waals surface area contributed by atoms with Gasteiger partial charge in [-0.1, -0.05) is 31.2 Å². The largest absolute Gasteiger partial charge is 0.323 e. The van der Waals surface area contributed by atoms with Gasteiger partial charge in [0, 0.05) is 19.1 Å². The van der Waals surface area contributed by atoms with Crippen LogP contribution in [0.3, 0.4) is 0 Å². The van der Waals surface area contributed by atoms with Gasteiger partial charge in [0.15, 0.2) is 0 Å². The molecule has 1 unspecified atom stereocenters. The number of aryl methyl sites for hydroxylation is 1. The molecule has 1 saturated heterocycles. The zero-order valence-electron chi connectivity index (χ0n) is 13.9. The van der Waals surface area contributed by atoms with Crippen LogP contribution in [0, 0.1) is 5.92 Å². The highest BCUT2D eigenvalue weighted by Crippen LogP contribution is 2.20. The number of benzene rings is 1. The highest BCUT2D eigenvalue weighted by Gasteiger charge is 2.21. The summed E-state index contributed by atoms with van der Waals surface area (Å²) in [4.78, 5) is 4.84. The first-order chi connectivity index (χ1) is 10.1. The predicted molar refractivity (Wildman–Crippen MR) is 90.5 cm³/mol. The minimum Gasteiger partial charge on any atom is -0.323 e. The standard InChI is InChI=1S/C18H31N3/c1-4-15-5-7-17(8-6-15)18(19)14-21-11-9-16(10-12-21)13-20(2)3/h5-8,16,18H,4,9-14,19H2,1-3H3. The molecule has 21 heavy (non-hydrogen) atoms. The Labute approximate surface area is 130 Å². The second-order valence-corrected chi connectivity index (χ2v) is 6.71. The molecule has 0 aliphatic carbocycles. The first-order valence-electron chi connectivity index (χ1n) is 8.30. The minimum absolute atomic E-state index is 0.140. The smallest absolute Gasteiger partial charge is 0.0424 e. The lowest BCUT2D eigenvalue weighted by molar-refractivity contribution is 0.156. The molecule has 1 aliphatic heterocycles. The molecule has 1 fully saturated rings. The minimum atomic E-state index is 0.140. The summed E-state index contributed by atoms with van der Waals surface area (Å²) in [6.45, 7) is 6.78. The van der Waals surface area contributed by atoms with E-state index in [1.807, 2.05) is 0 Å². The number of nitrogens with zero attached hydrogens (tertiary/aromatic N) is 2. The average Bonchev–Trinajstić information content (AvgIpc) is 2.49. The predicted octanol–water partition coefficient (Wildman–Crippen LogP) is 2.52. The lowest BCUT2D eigenvalue weighted by atomic mass is 9.95. The van der Waals surface area contributed by atoms with Crippen molar-refractivity contribution in [2.75, 3.05) is 40.3 Å². The summed E-state index contributed by atoms with van der Waals surface area (Å²) in [5.74, 6) is 0.858. The molecule has 1 aromatic carbocycles. The average molecular weight is 289 g/mol. The molecule has 0 bridgehead atoms. The summed E-state index contributed by atoms with van der Waals surface area (Å²) in [6.07, 6.45) is 3.70. The van der Waals surface area contributed by atoms with Crippen LogP contribution in [0.5, 0.6) is 0 Å². The summed E-state index contributed by atoms with van der Waals surface area (Å²) < 4.78 is 0. The molecule has 1 aliphatic rings. The van der Waals surface area contributed by atoms with Crippen LogP contribution in [0.25, 0.3) is 0 Å². The van der Waals surface area contributed by atoms with Crippen molar-refractivity contribution in [1.82, 2.24) is 9.80 Å². The van der Waals surface area contributed by atoms with Gasteiger partial charge in [-0.15, -0.1) is 0 Å². The maximum absolute atomic E-state index is 6.38. The van der Waals surface area contributed by atoms with Crippen molar-refractivity contribution in [3.05, 3.63) is 35.4 Å². The Morgan fingerprint density at radius 1 is 1.19 bits per heavy atom. The second kappa shape index (κ2) is 7.92. The molecule has 0 aromatic heterocycles. The van der Waals surface area contributed by atoms with Crippen LogP contribution in [0.15, 0.2) is 24.3 Å². The van der Waals surface area contributed by atoms with Gasteiger partial charge in [0.1, 0.15) is 0 Å². The zero-order valence-corrected chi connectivity index (χ0v) is 13.9. The highest BCUT2D eigenvalue weighted by atomic mass is 15.1. The molecule has 0 radical (unpaired) electrons. The van der Waals surface area contributed by atoms with Gasteiger partial charge in [-0.05, 0) is 63.5 Å². The van der Waals surface area contributed by atoms with Gasteiger partial charge >= 0.3 is 0 Å². The van der Waals surface area contributed by atoms with E-state index in [0.29, 0.717) is 0 Å². The number of rotatable bonds is 6. The Bertz CT molecular complexity index is 405. The summed E-state index contributed by atoms with van der Waals surface area (Å²) in [7, 11) is 4.34. The van der Waals surface area contributed by atoms with Gasteiger partial charge in [0.25, 0.3) is 0 Å². The first kappa shape index (κ1) is 16.5. The summed E-state index contributed by atoms with van der Waals surface area (Å²) in [5, 5.41) is 0. The fraction of sp³-hybridized carbons (Fsp3) is 0.667. The van der Waals surface area contributed by atoms with Crippen molar-refractivity contribution in [1.29, 1.82) is 0 Å². The summed E-state index contributed by atoms with van der Waals surface area (Å²) >= 11 is 0. The lowest BCUT2D eigenvalue weighted by Gasteiger charge is -2.34. The van der Waals surface area contributed by atoms with Gasteiger partial charge in [-0.25, -0.2) is 0 Å². The van der Waals surface area contributed by atoms with Gasteiger partial charge in [0.05, 0.1) is 0 Å². The van der Waals surface area contributed by atoms with Crippen molar-refractivity contribution in [2.24, 2.45) is 11.7 Å². The van der Waals surface area contributed by atoms with Crippen molar-refractivity contribution in [3.63, 3.8) is 0 Å². The third-order valence-electron chi connectivity index (χ3n) is 4.60. The van der Waals surface area contributed by atoms with E-state index in [4.69, 9.17) is 5.73 Å². The zero-order chi connectivity index (χ0) is 15.2. The van der Waals surface area contributed by atoms with Gasteiger partial charge < -0.3 is 15.5 Å². The molecule has 0 spiro atoms. The van der Waals surface area contributed by atoms with E-state index >= 15 is 0 Å². The third-order valence-corrected chi connectivity index (χ3v) is 4.60. The normalized spacial score (nSPS) is 19.1. The molecule has 3 nitrogen and oxygen atoms in total. The van der Waals surface area contributed by atoms with E-state index in [2.05, 4.69) is 55.1 Å². The highest BCUT2D eigenvalue weighted by molar-refractivity contribution is 5.25. The fourth-order valence-electron chi connectivity index (χ4n) is 3.25. The Morgan fingerprint density at radius 3 is 2.33 bits per heavy atom. The van der Waals surface area contributed by atoms with Gasteiger partial charge in [0.2, 0.25) is 0 Å². The summed E-state index contributed by atoms with van der Waals surface area (Å²) in [5.41, 5.74) is 9.03. The first-order valence-corrected chi connectivity index (χ1v) is 8.30. The Balaban J connectivity index is 1.79. The van der Waals surface area contributed by atoms with Crippen LogP contribution in [-0.2, 0) is 6.42 Å². The third kappa shape index (κ3) is 5.10. The van der Waals surface area contributed by atoms with Crippen LogP contribution >= 0.6 is 0 Å². The van der Waals surface area contributed by atoms with Crippen molar-refractivity contribution in [3.8, 4) is 0 Å². The molecule has 0 saturated carbocycles. The molecule has 2 N–H and O–H groups in total. The SMILES string of the molecule is CCc1ccc(C(N)CN2CCC(CN(C)C)CC2)cc1. The number of piperidine rings is 1. The second-order valence-electron chi connectivity index (χ2n) is 6.71. The fourth-order valence-corrected chi connectivity index (χ4v) is 3.25. The van der Waals surface area contributed by atoms with E-state index in [1.54, 1.807) is 0 Å². The van der Waals surface area contributed by atoms with Crippen molar-refractivity contribution >= 4 is 0 Å². The van der Waals surface area contributed by atoms with Crippen LogP contribution in [0.4, 0.5) is 0 Å². The maximum atomic E-state index is 6.38. The van der Waals surface area contributed by atoms with E-state index in [0.717, 1.165) is 18.9 Å². The quantitative estimate of drug-likeness (QED) is 0.873. The molecule has 1 atom stereocenters. The Kier molecular flexibility index (Phi) is 6.22. The van der Waals surface area contributed by atoms with Crippen LogP contribution < -0.4 is 5.73 Å². The van der Waals surface area contributed by atoms with Gasteiger partial charge in [-0.2, -0.15) is 0 Å². The van der Waals surface area contributed by atoms with E-state index in [1.165, 1.54) is 43.6 Å². The number of nitrogens with two attached hydrogens (primary N) is 1. The molecule has 118 valence electrons. The van der Waals surface area contributed by atoms with Crippen LogP contribution in [0.2, 0.25) is 0 Å². The summed E-state index contributed by atoms with van der Waals surface area (Å²) in [6, 6.07) is 8.95. The Hall–Kier alpha value is -0.900. The van der Waals surface area contributed by atoms with E-state index in [9.17, 15) is 0 Å². The molecular formula is C18H31N3. The topological polar surface area (TPSA) is 32.5 Å². The van der Waals surface area contributed by atoms with E-state index in [-0.39, 0.29) is 6.04 Å². The van der Waals surface area contributed by atoms with Crippen LogP contribution in [-0.4, -0.2) is 50.1 Å². The molecule has 1 heterocycles. The van der Waals surface area contributed by atoms with Crippen LogP contribution in [0.1, 0.15) is 36.9 Å². The van der Waals surface area contributed by atoms with Crippen molar-refractivity contribution < 1.29 is 0 Å². The van der Waals surface area contributed by atoms with E-state index < -0.39 is 0 Å². The van der Waals surface area contributed by atoms with Gasteiger partial charge in [-0.3, -0.25) is 0 Å². The number of hydrogen-bond donors (Lipinski definition) is 1. The molecule has 1 aromatic rings.